The molecule has 3 rings (SSSR count). The van der Waals surface area contributed by atoms with Gasteiger partial charge in [-0.15, -0.1) is 11.3 Å². The van der Waals surface area contributed by atoms with Crippen molar-refractivity contribution < 1.29 is 19.1 Å². The van der Waals surface area contributed by atoms with Crippen molar-refractivity contribution in [2.75, 3.05) is 13.7 Å². The molecule has 1 N–H and O–H groups in total. The number of amides is 1. The summed E-state index contributed by atoms with van der Waals surface area (Å²) in [5, 5.41) is 2.48. The van der Waals surface area contributed by atoms with Crippen molar-refractivity contribution in [3.8, 4) is 11.5 Å². The Morgan fingerprint density at radius 2 is 1.92 bits per heavy atom. The van der Waals surface area contributed by atoms with Crippen LogP contribution in [-0.4, -0.2) is 25.5 Å². The highest BCUT2D eigenvalue weighted by Crippen LogP contribution is 2.30. The van der Waals surface area contributed by atoms with Crippen LogP contribution < -0.4 is 14.8 Å². The maximum Gasteiger partial charge on any atom is 0.353 e. The molecule has 0 aliphatic heterocycles. The summed E-state index contributed by atoms with van der Waals surface area (Å²) in [6.07, 6.45) is 5.72. The molecule has 1 aliphatic rings. The molecule has 0 fully saturated rings. The molecule has 0 saturated heterocycles. The van der Waals surface area contributed by atoms with Gasteiger partial charge in [0.2, 0.25) is 0 Å². The predicted octanol–water partition coefficient (Wildman–Crippen LogP) is 3.36. The predicted molar refractivity (Wildman–Crippen MR) is 96.5 cm³/mol. The largest absolute Gasteiger partial charge is 0.484 e. The summed E-state index contributed by atoms with van der Waals surface area (Å²) in [7, 11) is 1.55. The smallest absolute Gasteiger partial charge is 0.353 e. The number of thiophene rings is 1. The molecule has 6 heteroatoms. The molecule has 0 bridgehead atoms. The summed E-state index contributed by atoms with van der Waals surface area (Å²) in [6.45, 7) is -0.0778. The van der Waals surface area contributed by atoms with E-state index in [4.69, 9.17) is 9.47 Å². The quantitative estimate of drug-likeness (QED) is 0.505. The van der Waals surface area contributed by atoms with Gasteiger partial charge in [-0.25, -0.2) is 4.79 Å². The van der Waals surface area contributed by atoms with E-state index in [2.05, 4.69) is 5.32 Å². The molecule has 25 heavy (non-hydrogen) atoms. The summed E-state index contributed by atoms with van der Waals surface area (Å²) in [5.74, 6) is 0.322. The van der Waals surface area contributed by atoms with Crippen LogP contribution in [0.25, 0.3) is 0 Å². The summed E-state index contributed by atoms with van der Waals surface area (Å²) in [5.41, 5.74) is 1.29. The second-order valence-corrected chi connectivity index (χ2v) is 7.08. The van der Waals surface area contributed by atoms with Gasteiger partial charge in [0.15, 0.2) is 6.61 Å². The van der Waals surface area contributed by atoms with Crippen LogP contribution >= 0.6 is 11.3 Å². The van der Waals surface area contributed by atoms with Crippen molar-refractivity contribution in [2.24, 2.45) is 0 Å². The Hall–Kier alpha value is -2.34. The van der Waals surface area contributed by atoms with E-state index in [1.165, 1.54) is 41.0 Å². The maximum atomic E-state index is 12.4. The first-order valence-corrected chi connectivity index (χ1v) is 9.24. The number of fused-ring (bicyclic) bond motifs is 1. The molecule has 0 radical (unpaired) electrons. The van der Waals surface area contributed by atoms with Gasteiger partial charge in [-0.1, -0.05) is 12.5 Å². The first-order valence-electron chi connectivity index (χ1n) is 8.43. The highest BCUT2D eigenvalue weighted by molar-refractivity contribution is 7.14. The third kappa shape index (κ3) is 4.60. The minimum Gasteiger partial charge on any atom is -0.484 e. The van der Waals surface area contributed by atoms with Crippen LogP contribution in [-0.2, 0) is 17.6 Å². The van der Waals surface area contributed by atoms with Gasteiger partial charge < -0.3 is 14.8 Å². The van der Waals surface area contributed by atoms with Crippen LogP contribution in [0.3, 0.4) is 0 Å². The number of hydrogen-bond donors (Lipinski definition) is 1. The standard InChI is InChI=1S/C19H21NO4S/c1-20-18(21)12-23-14-7-5-8-15(11-14)24-19(22)17-10-13-6-3-2-4-9-16(13)25-17/h5,7-8,10-11H,2-4,6,9,12H2,1H3,(H,20,21). The molecule has 132 valence electrons. The Morgan fingerprint density at radius 1 is 1.12 bits per heavy atom. The Kier molecular flexibility index (Phi) is 5.71. The van der Waals surface area contributed by atoms with E-state index in [-0.39, 0.29) is 18.5 Å². The molecule has 1 heterocycles. The van der Waals surface area contributed by atoms with E-state index in [0.717, 1.165) is 12.8 Å². The van der Waals surface area contributed by atoms with Crippen LogP contribution in [0.4, 0.5) is 0 Å². The molecule has 1 aliphatic carbocycles. The van der Waals surface area contributed by atoms with Crippen molar-refractivity contribution in [3.05, 3.63) is 45.6 Å². The Balaban J connectivity index is 1.65. The molecule has 2 aromatic rings. The molecule has 1 aromatic heterocycles. The van der Waals surface area contributed by atoms with Crippen molar-refractivity contribution in [1.29, 1.82) is 0 Å². The summed E-state index contributed by atoms with van der Waals surface area (Å²) >= 11 is 1.54. The fourth-order valence-corrected chi connectivity index (χ4v) is 3.90. The second kappa shape index (κ2) is 8.16. The number of ether oxygens (including phenoxy) is 2. The lowest BCUT2D eigenvalue weighted by Gasteiger charge is -2.07. The van der Waals surface area contributed by atoms with Gasteiger partial charge in [-0.2, -0.15) is 0 Å². The number of likely N-dealkylation sites (N-methyl/N-ethyl adjacent to an activating group) is 1. The van der Waals surface area contributed by atoms with Crippen LogP contribution in [0.1, 0.15) is 39.4 Å². The van der Waals surface area contributed by atoms with Crippen molar-refractivity contribution in [3.63, 3.8) is 0 Å². The van der Waals surface area contributed by atoms with E-state index in [1.807, 2.05) is 6.07 Å². The Morgan fingerprint density at radius 3 is 2.76 bits per heavy atom. The SMILES string of the molecule is CNC(=O)COc1cccc(OC(=O)c2cc3c(s2)CCCCC3)c1. The molecule has 5 nitrogen and oxygen atoms in total. The number of carbonyl (C=O) groups excluding carboxylic acids is 2. The van der Waals surface area contributed by atoms with Crippen LogP contribution in [0, 0.1) is 0 Å². The van der Waals surface area contributed by atoms with Crippen molar-refractivity contribution >= 4 is 23.2 Å². The lowest BCUT2D eigenvalue weighted by Crippen LogP contribution is -2.24. The zero-order chi connectivity index (χ0) is 17.6. The normalized spacial score (nSPS) is 13.5. The molecule has 1 aromatic carbocycles. The zero-order valence-electron chi connectivity index (χ0n) is 14.2. The van der Waals surface area contributed by atoms with Gasteiger partial charge in [0.1, 0.15) is 16.4 Å². The molecule has 0 spiro atoms. The van der Waals surface area contributed by atoms with Crippen molar-refractivity contribution in [1.82, 2.24) is 5.32 Å². The van der Waals surface area contributed by atoms with E-state index in [1.54, 1.807) is 31.3 Å². The third-order valence-corrected chi connectivity index (χ3v) is 5.33. The number of benzene rings is 1. The van der Waals surface area contributed by atoms with Crippen molar-refractivity contribution in [2.45, 2.75) is 32.1 Å². The molecule has 1 amide bonds. The molecule has 0 saturated carbocycles. The monoisotopic (exact) mass is 359 g/mol. The fraction of sp³-hybridized carbons (Fsp3) is 0.368. The average Bonchev–Trinajstić information content (AvgIpc) is 2.91. The van der Waals surface area contributed by atoms with E-state index in [9.17, 15) is 9.59 Å². The zero-order valence-corrected chi connectivity index (χ0v) is 15.0. The molecular weight excluding hydrogens is 338 g/mol. The number of hydrogen-bond acceptors (Lipinski definition) is 5. The highest BCUT2D eigenvalue weighted by Gasteiger charge is 2.18. The lowest BCUT2D eigenvalue weighted by molar-refractivity contribution is -0.122. The van der Waals surface area contributed by atoms with E-state index >= 15 is 0 Å². The minimum absolute atomic E-state index is 0.0778. The van der Waals surface area contributed by atoms with E-state index in [0.29, 0.717) is 16.4 Å². The second-order valence-electron chi connectivity index (χ2n) is 5.95. The van der Waals surface area contributed by atoms with Crippen LogP contribution in [0.5, 0.6) is 11.5 Å². The lowest BCUT2D eigenvalue weighted by atomic mass is 10.1. The van der Waals surface area contributed by atoms with Gasteiger partial charge >= 0.3 is 5.97 Å². The van der Waals surface area contributed by atoms with Gasteiger partial charge in [-0.05, 0) is 49.4 Å². The van der Waals surface area contributed by atoms with Crippen LogP contribution in [0.15, 0.2) is 30.3 Å². The summed E-state index contributed by atoms with van der Waals surface area (Å²) in [6, 6.07) is 8.72. The van der Waals surface area contributed by atoms with Gasteiger partial charge in [0, 0.05) is 18.0 Å². The fourth-order valence-electron chi connectivity index (χ4n) is 2.77. The van der Waals surface area contributed by atoms with E-state index < -0.39 is 0 Å². The highest BCUT2D eigenvalue weighted by atomic mass is 32.1. The Bertz CT molecular complexity index is 745. The van der Waals surface area contributed by atoms with Gasteiger partial charge in [-0.3, -0.25) is 4.79 Å². The maximum absolute atomic E-state index is 12.4. The number of carbonyl (C=O) groups is 2. The number of aryl methyl sites for hydroxylation is 2. The number of rotatable bonds is 5. The number of esters is 1. The molecular formula is C19H21NO4S. The Labute approximate surface area is 151 Å². The molecule has 0 atom stereocenters. The average molecular weight is 359 g/mol. The summed E-state index contributed by atoms with van der Waals surface area (Å²) in [4.78, 5) is 25.6. The van der Waals surface area contributed by atoms with Gasteiger partial charge in [0.05, 0.1) is 0 Å². The first kappa shape index (κ1) is 17.5. The summed E-state index contributed by atoms with van der Waals surface area (Å²) < 4.78 is 10.8. The van der Waals surface area contributed by atoms with Crippen LogP contribution in [0.2, 0.25) is 0 Å². The minimum atomic E-state index is -0.346. The first-order chi connectivity index (χ1) is 12.2. The topological polar surface area (TPSA) is 64.6 Å². The molecule has 0 unspecified atom stereocenters. The van der Waals surface area contributed by atoms with Gasteiger partial charge in [0.25, 0.3) is 5.91 Å². The number of nitrogens with one attached hydrogen (secondary N) is 1. The third-order valence-electron chi connectivity index (χ3n) is 4.11.